The SMILES string of the molecule is CCc1ccc(Cl)c(CC)c1NC(=O)c1cnn(Cc2ccccc2Cl)c1. The van der Waals surface area contributed by atoms with Crippen LogP contribution in [0.2, 0.25) is 10.0 Å². The average Bonchev–Trinajstić information content (AvgIpc) is 3.13. The average molecular weight is 402 g/mol. The Morgan fingerprint density at radius 1 is 1.04 bits per heavy atom. The summed E-state index contributed by atoms with van der Waals surface area (Å²) in [6, 6.07) is 11.4. The van der Waals surface area contributed by atoms with Gasteiger partial charge in [-0.3, -0.25) is 9.48 Å². The summed E-state index contributed by atoms with van der Waals surface area (Å²) < 4.78 is 1.70. The highest BCUT2D eigenvalue weighted by atomic mass is 35.5. The summed E-state index contributed by atoms with van der Waals surface area (Å²) in [5.74, 6) is -0.202. The van der Waals surface area contributed by atoms with Crippen molar-refractivity contribution in [1.29, 1.82) is 0 Å². The standard InChI is InChI=1S/C21H21Cl2N3O/c1-3-14-9-10-19(23)17(4-2)20(14)25-21(27)16-11-24-26(13-16)12-15-7-5-6-8-18(15)22/h5-11,13H,3-4,12H2,1-2H3,(H,25,27). The van der Waals surface area contributed by atoms with E-state index in [1.807, 2.05) is 43.3 Å². The number of hydrogen-bond acceptors (Lipinski definition) is 2. The second kappa shape index (κ2) is 8.59. The van der Waals surface area contributed by atoms with E-state index in [0.29, 0.717) is 22.2 Å². The van der Waals surface area contributed by atoms with Gasteiger partial charge < -0.3 is 5.32 Å². The fourth-order valence-electron chi connectivity index (χ4n) is 3.02. The summed E-state index contributed by atoms with van der Waals surface area (Å²) in [5.41, 5.74) is 4.26. The maximum atomic E-state index is 12.8. The van der Waals surface area contributed by atoms with Crippen molar-refractivity contribution in [3.05, 3.63) is 81.1 Å². The molecule has 0 aliphatic heterocycles. The molecule has 1 amide bonds. The molecular weight excluding hydrogens is 381 g/mol. The van der Waals surface area contributed by atoms with E-state index in [9.17, 15) is 4.79 Å². The van der Waals surface area contributed by atoms with Crippen LogP contribution in [0.4, 0.5) is 5.69 Å². The summed E-state index contributed by atoms with van der Waals surface area (Å²) in [5, 5.41) is 8.66. The van der Waals surface area contributed by atoms with Crippen LogP contribution in [0.3, 0.4) is 0 Å². The van der Waals surface area contributed by atoms with Gasteiger partial charge in [0.25, 0.3) is 5.91 Å². The molecule has 3 aromatic rings. The fraction of sp³-hybridized carbons (Fsp3) is 0.238. The minimum absolute atomic E-state index is 0.202. The van der Waals surface area contributed by atoms with Gasteiger partial charge in [0.15, 0.2) is 0 Å². The molecule has 0 atom stereocenters. The van der Waals surface area contributed by atoms with Crippen molar-refractivity contribution >= 4 is 34.8 Å². The van der Waals surface area contributed by atoms with Gasteiger partial charge in [-0.15, -0.1) is 0 Å². The Kier molecular flexibility index (Phi) is 6.19. The first-order valence-electron chi connectivity index (χ1n) is 8.90. The van der Waals surface area contributed by atoms with E-state index < -0.39 is 0 Å². The van der Waals surface area contributed by atoms with Gasteiger partial charge in [0.1, 0.15) is 0 Å². The van der Waals surface area contributed by atoms with Crippen LogP contribution in [0.1, 0.15) is 40.9 Å². The third kappa shape index (κ3) is 4.34. The van der Waals surface area contributed by atoms with Crippen LogP contribution in [-0.2, 0) is 19.4 Å². The van der Waals surface area contributed by atoms with Crippen molar-refractivity contribution < 1.29 is 4.79 Å². The number of rotatable bonds is 6. The maximum Gasteiger partial charge on any atom is 0.258 e. The predicted molar refractivity (Wildman–Crippen MR) is 111 cm³/mol. The number of hydrogen-bond donors (Lipinski definition) is 1. The molecule has 0 aliphatic rings. The summed E-state index contributed by atoms with van der Waals surface area (Å²) in [7, 11) is 0. The Hall–Kier alpha value is -2.30. The van der Waals surface area contributed by atoms with Crippen molar-refractivity contribution in [3.63, 3.8) is 0 Å². The summed E-state index contributed by atoms with van der Waals surface area (Å²) in [6.07, 6.45) is 4.84. The fourth-order valence-corrected chi connectivity index (χ4v) is 3.51. The molecule has 2 aromatic carbocycles. The summed E-state index contributed by atoms with van der Waals surface area (Å²) in [6.45, 7) is 4.59. The van der Waals surface area contributed by atoms with Gasteiger partial charge in [0, 0.05) is 21.9 Å². The van der Waals surface area contributed by atoms with Crippen LogP contribution >= 0.6 is 23.2 Å². The van der Waals surface area contributed by atoms with Gasteiger partial charge in [-0.25, -0.2) is 0 Å². The summed E-state index contributed by atoms with van der Waals surface area (Å²) >= 11 is 12.5. The number of halogens is 2. The zero-order chi connectivity index (χ0) is 19.4. The molecule has 0 bridgehead atoms. The number of aromatic nitrogens is 2. The van der Waals surface area contributed by atoms with Crippen molar-refractivity contribution in [2.75, 3.05) is 5.32 Å². The third-order valence-corrected chi connectivity index (χ3v) is 5.22. The van der Waals surface area contributed by atoms with Crippen LogP contribution in [0.5, 0.6) is 0 Å². The Morgan fingerprint density at radius 3 is 2.52 bits per heavy atom. The van der Waals surface area contributed by atoms with Gasteiger partial charge in [0.2, 0.25) is 0 Å². The molecule has 1 aromatic heterocycles. The minimum atomic E-state index is -0.202. The Morgan fingerprint density at radius 2 is 1.81 bits per heavy atom. The van der Waals surface area contributed by atoms with Crippen LogP contribution in [0.25, 0.3) is 0 Å². The highest BCUT2D eigenvalue weighted by molar-refractivity contribution is 6.32. The Bertz CT molecular complexity index is 966. The van der Waals surface area contributed by atoms with E-state index in [1.165, 1.54) is 0 Å². The minimum Gasteiger partial charge on any atom is -0.321 e. The van der Waals surface area contributed by atoms with E-state index in [2.05, 4.69) is 17.3 Å². The van der Waals surface area contributed by atoms with Crippen LogP contribution in [0.15, 0.2) is 48.8 Å². The van der Waals surface area contributed by atoms with E-state index in [-0.39, 0.29) is 5.91 Å². The molecule has 1 N–H and O–H groups in total. The number of nitrogens with zero attached hydrogens (tertiary/aromatic N) is 2. The van der Waals surface area contributed by atoms with Gasteiger partial charge >= 0.3 is 0 Å². The van der Waals surface area contributed by atoms with Crippen molar-refractivity contribution in [2.45, 2.75) is 33.2 Å². The van der Waals surface area contributed by atoms with Gasteiger partial charge in [-0.2, -0.15) is 5.10 Å². The second-order valence-corrected chi connectivity index (χ2v) is 7.05. The lowest BCUT2D eigenvalue weighted by molar-refractivity contribution is 0.102. The molecule has 140 valence electrons. The first kappa shape index (κ1) is 19.5. The van der Waals surface area contributed by atoms with Crippen LogP contribution in [-0.4, -0.2) is 15.7 Å². The van der Waals surface area contributed by atoms with Crippen molar-refractivity contribution in [1.82, 2.24) is 9.78 Å². The number of carbonyl (C=O) groups is 1. The van der Waals surface area contributed by atoms with Crippen LogP contribution in [0, 0.1) is 0 Å². The largest absolute Gasteiger partial charge is 0.321 e. The Balaban J connectivity index is 1.81. The monoisotopic (exact) mass is 401 g/mol. The van der Waals surface area contributed by atoms with Gasteiger partial charge in [0.05, 0.1) is 18.3 Å². The molecule has 27 heavy (non-hydrogen) atoms. The molecule has 1 heterocycles. The van der Waals surface area contributed by atoms with Crippen molar-refractivity contribution in [2.24, 2.45) is 0 Å². The molecule has 0 spiro atoms. The Labute approximate surface area is 169 Å². The van der Waals surface area contributed by atoms with Gasteiger partial charge in [-0.1, -0.05) is 61.3 Å². The van der Waals surface area contributed by atoms with E-state index >= 15 is 0 Å². The normalized spacial score (nSPS) is 10.8. The molecule has 0 unspecified atom stereocenters. The molecule has 0 radical (unpaired) electrons. The lowest BCUT2D eigenvalue weighted by atomic mass is 10.0. The molecular formula is C21H21Cl2N3O. The molecule has 0 saturated carbocycles. The zero-order valence-electron chi connectivity index (χ0n) is 15.3. The lowest BCUT2D eigenvalue weighted by Gasteiger charge is -2.15. The molecule has 0 fully saturated rings. The molecule has 3 rings (SSSR count). The third-order valence-electron chi connectivity index (χ3n) is 4.50. The smallest absolute Gasteiger partial charge is 0.258 e. The number of amides is 1. The molecule has 4 nitrogen and oxygen atoms in total. The zero-order valence-corrected chi connectivity index (χ0v) is 16.8. The first-order valence-corrected chi connectivity index (χ1v) is 9.66. The molecule has 0 saturated heterocycles. The second-order valence-electron chi connectivity index (χ2n) is 6.24. The number of nitrogens with one attached hydrogen (secondary N) is 1. The quantitative estimate of drug-likeness (QED) is 0.582. The predicted octanol–water partition coefficient (Wildman–Crippen LogP) is 5.62. The van der Waals surface area contributed by atoms with E-state index in [1.54, 1.807) is 17.1 Å². The topological polar surface area (TPSA) is 46.9 Å². The maximum absolute atomic E-state index is 12.8. The lowest BCUT2D eigenvalue weighted by Crippen LogP contribution is -2.14. The molecule has 0 aliphatic carbocycles. The number of aryl methyl sites for hydroxylation is 1. The van der Waals surface area contributed by atoms with E-state index in [0.717, 1.165) is 35.2 Å². The molecule has 6 heteroatoms. The summed E-state index contributed by atoms with van der Waals surface area (Å²) in [4.78, 5) is 12.8. The van der Waals surface area contributed by atoms with E-state index in [4.69, 9.17) is 23.2 Å². The van der Waals surface area contributed by atoms with Crippen molar-refractivity contribution in [3.8, 4) is 0 Å². The highest BCUT2D eigenvalue weighted by Gasteiger charge is 2.16. The number of benzene rings is 2. The number of carbonyl (C=O) groups excluding carboxylic acids is 1. The first-order chi connectivity index (χ1) is 13.0. The number of anilines is 1. The highest BCUT2D eigenvalue weighted by Crippen LogP contribution is 2.30. The van der Waals surface area contributed by atoms with Gasteiger partial charge in [-0.05, 0) is 41.7 Å². The van der Waals surface area contributed by atoms with Crippen LogP contribution < -0.4 is 5.32 Å².